The van der Waals surface area contributed by atoms with Crippen LogP contribution >= 0.6 is 11.3 Å². The first kappa shape index (κ1) is 19.9. The van der Waals surface area contributed by atoms with Crippen molar-refractivity contribution in [1.82, 2.24) is 9.97 Å². The number of nitro benzene ring substituents is 1. The first-order valence-corrected chi connectivity index (χ1v) is 9.09. The first-order valence-electron chi connectivity index (χ1n) is 8.27. The number of anilines is 1. The Kier molecular flexibility index (Phi) is 5.83. The molecule has 3 aromatic rings. The standard InChI is InChI=1S/C17H13N5O6S/c23-9-12(24)4-5-14-19-16(13-7-15(22(27)28)29-17(13)20-14)18-8-10-2-1-3-11(6-10)21(25)26/h1-3,6-7,9H,4-5,8H2,(H,18,19,20). The molecule has 0 radical (unpaired) electrons. The van der Waals surface area contributed by atoms with Crippen LogP contribution in [0.15, 0.2) is 30.3 Å². The molecule has 11 nitrogen and oxygen atoms in total. The quantitative estimate of drug-likeness (QED) is 0.240. The number of ketones is 1. The van der Waals surface area contributed by atoms with E-state index < -0.39 is 15.6 Å². The predicted octanol–water partition coefficient (Wildman–Crippen LogP) is 2.82. The number of nitrogens with zero attached hydrogens (tertiary/aromatic N) is 4. The molecule has 1 N–H and O–H groups in total. The number of carbonyl (C=O) groups is 2. The molecule has 2 heterocycles. The van der Waals surface area contributed by atoms with Gasteiger partial charge in [0, 0.05) is 37.6 Å². The van der Waals surface area contributed by atoms with Crippen LogP contribution < -0.4 is 5.32 Å². The van der Waals surface area contributed by atoms with Gasteiger partial charge in [0.15, 0.2) is 12.1 Å². The minimum absolute atomic E-state index is 0.0589. The zero-order chi connectivity index (χ0) is 21.0. The van der Waals surface area contributed by atoms with Gasteiger partial charge in [-0.3, -0.25) is 29.8 Å². The molecule has 0 bridgehead atoms. The van der Waals surface area contributed by atoms with E-state index in [-0.39, 0.29) is 42.2 Å². The maximum absolute atomic E-state index is 11.2. The molecule has 1 aromatic carbocycles. The lowest BCUT2D eigenvalue weighted by Gasteiger charge is -2.08. The largest absolute Gasteiger partial charge is 0.365 e. The van der Waals surface area contributed by atoms with Crippen LogP contribution in [0.2, 0.25) is 0 Å². The number of thiophene rings is 1. The van der Waals surface area contributed by atoms with Crippen LogP contribution in [-0.2, 0) is 22.6 Å². The highest BCUT2D eigenvalue weighted by molar-refractivity contribution is 7.21. The number of aromatic nitrogens is 2. The molecular formula is C17H13N5O6S. The Labute approximate surface area is 166 Å². The summed E-state index contributed by atoms with van der Waals surface area (Å²) in [7, 11) is 0. The number of nitro groups is 2. The molecular weight excluding hydrogens is 402 g/mol. The highest BCUT2D eigenvalue weighted by Crippen LogP contribution is 2.34. The molecule has 148 valence electrons. The van der Waals surface area contributed by atoms with Crippen LogP contribution in [0.3, 0.4) is 0 Å². The zero-order valence-corrected chi connectivity index (χ0v) is 15.5. The molecule has 0 atom stereocenters. The van der Waals surface area contributed by atoms with Crippen molar-refractivity contribution < 1.29 is 19.4 Å². The van der Waals surface area contributed by atoms with E-state index in [1.165, 1.54) is 18.2 Å². The summed E-state index contributed by atoms with van der Waals surface area (Å²) in [5.41, 5.74) is 0.560. The van der Waals surface area contributed by atoms with Crippen molar-refractivity contribution >= 4 is 50.1 Å². The van der Waals surface area contributed by atoms with Crippen LogP contribution in [0.4, 0.5) is 16.5 Å². The summed E-state index contributed by atoms with van der Waals surface area (Å²) >= 11 is 0.868. The van der Waals surface area contributed by atoms with Gasteiger partial charge in [-0.05, 0) is 16.9 Å². The van der Waals surface area contributed by atoms with Crippen molar-refractivity contribution in [1.29, 1.82) is 0 Å². The fourth-order valence-corrected chi connectivity index (χ4v) is 3.42. The summed E-state index contributed by atoms with van der Waals surface area (Å²) in [5.74, 6) is -0.0395. The zero-order valence-electron chi connectivity index (χ0n) is 14.7. The van der Waals surface area contributed by atoms with Gasteiger partial charge in [0.2, 0.25) is 0 Å². The van der Waals surface area contributed by atoms with Gasteiger partial charge in [-0.1, -0.05) is 12.1 Å². The smallest absolute Gasteiger partial charge is 0.326 e. The Hall–Kier alpha value is -3.80. The van der Waals surface area contributed by atoms with E-state index in [2.05, 4.69) is 15.3 Å². The van der Waals surface area contributed by atoms with Crippen LogP contribution in [0.1, 0.15) is 17.8 Å². The van der Waals surface area contributed by atoms with Crippen LogP contribution in [0.25, 0.3) is 10.2 Å². The maximum atomic E-state index is 11.2. The molecule has 0 aliphatic heterocycles. The Morgan fingerprint density at radius 3 is 2.66 bits per heavy atom. The average molecular weight is 415 g/mol. The fraction of sp³-hybridized carbons (Fsp3) is 0.176. The Balaban J connectivity index is 1.92. The molecule has 0 aliphatic rings. The number of non-ortho nitro benzene ring substituents is 1. The number of Topliss-reactive ketones (excluding diaryl/α,β-unsaturated/α-hetero) is 1. The van der Waals surface area contributed by atoms with Crippen molar-refractivity contribution in [2.45, 2.75) is 19.4 Å². The number of hydrogen-bond donors (Lipinski definition) is 1. The third-order valence-electron chi connectivity index (χ3n) is 3.91. The number of fused-ring (bicyclic) bond motifs is 1. The second kappa shape index (κ2) is 8.48. The van der Waals surface area contributed by atoms with Crippen molar-refractivity contribution in [2.75, 3.05) is 5.32 Å². The number of hydrogen-bond acceptors (Lipinski definition) is 10. The van der Waals surface area contributed by atoms with Gasteiger partial charge in [-0.2, -0.15) is 0 Å². The monoisotopic (exact) mass is 415 g/mol. The number of rotatable bonds is 9. The van der Waals surface area contributed by atoms with Crippen molar-refractivity contribution in [2.24, 2.45) is 0 Å². The lowest BCUT2D eigenvalue weighted by atomic mass is 10.2. The number of nitrogens with one attached hydrogen (secondary N) is 1. The van der Waals surface area contributed by atoms with E-state index in [1.807, 2.05) is 0 Å². The van der Waals surface area contributed by atoms with E-state index >= 15 is 0 Å². The highest BCUT2D eigenvalue weighted by atomic mass is 32.1. The lowest BCUT2D eigenvalue weighted by molar-refractivity contribution is -0.384. The molecule has 12 heteroatoms. The van der Waals surface area contributed by atoms with Gasteiger partial charge >= 0.3 is 5.00 Å². The predicted molar refractivity (Wildman–Crippen MR) is 104 cm³/mol. The van der Waals surface area contributed by atoms with Gasteiger partial charge in [-0.25, -0.2) is 9.97 Å². The molecule has 0 aliphatic carbocycles. The third kappa shape index (κ3) is 4.73. The van der Waals surface area contributed by atoms with E-state index in [0.717, 1.165) is 11.3 Å². The summed E-state index contributed by atoms with van der Waals surface area (Å²) in [6.07, 6.45) is 0.244. The molecule has 0 amide bonds. The van der Waals surface area contributed by atoms with E-state index in [1.54, 1.807) is 12.1 Å². The number of aryl methyl sites for hydroxylation is 1. The average Bonchev–Trinajstić information content (AvgIpc) is 3.15. The Morgan fingerprint density at radius 1 is 1.17 bits per heavy atom. The number of benzene rings is 1. The SMILES string of the molecule is O=CC(=O)CCc1nc(NCc2cccc([N+](=O)[O-])c2)c2cc([N+](=O)[O-])sc2n1. The second-order valence-corrected chi connectivity index (χ2v) is 6.92. The normalized spacial score (nSPS) is 10.6. The summed E-state index contributed by atoms with van der Waals surface area (Å²) < 4.78 is 0. The molecule has 0 unspecified atom stereocenters. The molecule has 0 saturated carbocycles. The topological polar surface area (TPSA) is 158 Å². The van der Waals surface area contributed by atoms with Gasteiger partial charge in [0.25, 0.3) is 5.69 Å². The summed E-state index contributed by atoms with van der Waals surface area (Å²) in [4.78, 5) is 51.6. The van der Waals surface area contributed by atoms with E-state index in [4.69, 9.17) is 0 Å². The van der Waals surface area contributed by atoms with Gasteiger partial charge in [0.05, 0.1) is 15.2 Å². The minimum atomic E-state index is -0.600. The van der Waals surface area contributed by atoms with Gasteiger partial charge in [-0.15, -0.1) is 0 Å². The van der Waals surface area contributed by atoms with Crippen molar-refractivity contribution in [3.05, 3.63) is 61.9 Å². The third-order valence-corrected chi connectivity index (χ3v) is 4.89. The molecule has 0 saturated heterocycles. The van der Waals surface area contributed by atoms with Crippen LogP contribution in [0, 0.1) is 20.2 Å². The number of aldehydes is 1. The van der Waals surface area contributed by atoms with Gasteiger partial charge in [0.1, 0.15) is 16.5 Å². The lowest BCUT2D eigenvalue weighted by Crippen LogP contribution is -2.07. The molecule has 0 spiro atoms. The highest BCUT2D eigenvalue weighted by Gasteiger charge is 2.18. The van der Waals surface area contributed by atoms with E-state index in [9.17, 15) is 29.8 Å². The minimum Gasteiger partial charge on any atom is -0.365 e. The Morgan fingerprint density at radius 2 is 1.97 bits per heavy atom. The summed E-state index contributed by atoms with van der Waals surface area (Å²) in [5, 5.41) is 25.3. The van der Waals surface area contributed by atoms with Crippen molar-refractivity contribution in [3.63, 3.8) is 0 Å². The second-order valence-electron chi connectivity index (χ2n) is 5.91. The van der Waals surface area contributed by atoms with Crippen LogP contribution in [-0.4, -0.2) is 31.9 Å². The van der Waals surface area contributed by atoms with E-state index in [0.29, 0.717) is 21.6 Å². The van der Waals surface area contributed by atoms with Crippen molar-refractivity contribution in [3.8, 4) is 0 Å². The molecule has 2 aromatic heterocycles. The fourth-order valence-electron chi connectivity index (χ4n) is 2.55. The maximum Gasteiger partial charge on any atom is 0.326 e. The number of carbonyl (C=O) groups excluding carboxylic acids is 2. The summed E-state index contributed by atoms with van der Waals surface area (Å²) in [6, 6.07) is 7.37. The molecule has 29 heavy (non-hydrogen) atoms. The molecule has 3 rings (SSSR count). The van der Waals surface area contributed by atoms with Gasteiger partial charge < -0.3 is 5.32 Å². The molecule has 0 fully saturated rings. The van der Waals surface area contributed by atoms with Crippen LogP contribution in [0.5, 0.6) is 0 Å². The summed E-state index contributed by atoms with van der Waals surface area (Å²) in [6.45, 7) is 0.185. The Bertz CT molecular complexity index is 1130. The first-order chi connectivity index (χ1) is 13.9.